The van der Waals surface area contributed by atoms with Crippen LogP contribution in [0.2, 0.25) is 0 Å². The number of hydrogen-bond donors (Lipinski definition) is 1. The summed E-state index contributed by atoms with van der Waals surface area (Å²) >= 11 is 0. The Morgan fingerprint density at radius 1 is 1.05 bits per heavy atom. The number of nitrogens with zero attached hydrogens (tertiary/aromatic N) is 1. The van der Waals surface area contributed by atoms with Crippen molar-refractivity contribution in [3.8, 4) is 0 Å². The van der Waals surface area contributed by atoms with Crippen LogP contribution in [-0.4, -0.2) is 4.98 Å². The molecule has 2 rings (SSSR count). The van der Waals surface area contributed by atoms with Gasteiger partial charge in [0.15, 0.2) is 0 Å². The lowest BCUT2D eigenvalue weighted by atomic mass is 9.99. The van der Waals surface area contributed by atoms with Crippen molar-refractivity contribution < 1.29 is 0 Å². The number of nitrogens with one attached hydrogen (secondary N) is 1. The fraction of sp³-hybridized carbons (Fsp3) is 0.353. The maximum absolute atomic E-state index is 4.18. The number of hydrogen-bond acceptors (Lipinski definition) is 2. The molecule has 1 unspecified atom stereocenters. The molecule has 2 aromatic rings. The summed E-state index contributed by atoms with van der Waals surface area (Å²) in [5, 5.41) is 3.64. The molecule has 2 atom stereocenters. The summed E-state index contributed by atoms with van der Waals surface area (Å²) in [5.74, 6) is 0. The minimum atomic E-state index is 0.295. The van der Waals surface area contributed by atoms with Crippen molar-refractivity contribution in [1.29, 1.82) is 0 Å². The molecule has 0 amide bonds. The molecule has 1 heterocycles. The molecule has 0 aliphatic rings. The van der Waals surface area contributed by atoms with Crippen molar-refractivity contribution in [3.05, 3.63) is 65.0 Å². The van der Waals surface area contributed by atoms with Gasteiger partial charge in [-0.2, -0.15) is 0 Å². The van der Waals surface area contributed by atoms with Gasteiger partial charge in [-0.05, 0) is 50.5 Å². The molecule has 2 nitrogen and oxygen atoms in total. The van der Waals surface area contributed by atoms with Crippen LogP contribution in [0.15, 0.2) is 42.7 Å². The molecule has 0 fully saturated rings. The van der Waals surface area contributed by atoms with E-state index in [0.717, 1.165) is 0 Å². The Morgan fingerprint density at radius 3 is 2.53 bits per heavy atom. The van der Waals surface area contributed by atoms with Crippen LogP contribution in [0, 0.1) is 13.8 Å². The van der Waals surface area contributed by atoms with Gasteiger partial charge < -0.3 is 5.32 Å². The number of aromatic nitrogens is 1. The molecule has 1 aromatic heterocycles. The van der Waals surface area contributed by atoms with E-state index in [1.807, 2.05) is 18.5 Å². The zero-order valence-electron chi connectivity index (χ0n) is 12.1. The first-order valence-electron chi connectivity index (χ1n) is 6.81. The number of pyridine rings is 1. The molecular formula is C17H22N2. The Balaban J connectivity index is 2.13. The monoisotopic (exact) mass is 254 g/mol. The van der Waals surface area contributed by atoms with E-state index in [9.17, 15) is 0 Å². The van der Waals surface area contributed by atoms with Crippen LogP contribution in [0.4, 0.5) is 0 Å². The fourth-order valence-electron chi connectivity index (χ4n) is 2.42. The molecular weight excluding hydrogens is 232 g/mol. The number of rotatable bonds is 4. The van der Waals surface area contributed by atoms with Gasteiger partial charge in [0, 0.05) is 24.5 Å². The Labute approximate surface area is 115 Å². The third kappa shape index (κ3) is 3.42. The van der Waals surface area contributed by atoms with E-state index in [1.54, 1.807) is 0 Å². The van der Waals surface area contributed by atoms with E-state index >= 15 is 0 Å². The Kier molecular flexibility index (Phi) is 4.33. The van der Waals surface area contributed by atoms with Crippen LogP contribution in [0.5, 0.6) is 0 Å². The van der Waals surface area contributed by atoms with Gasteiger partial charge in [-0.1, -0.05) is 29.8 Å². The molecule has 0 radical (unpaired) electrons. The summed E-state index contributed by atoms with van der Waals surface area (Å²) in [7, 11) is 0. The van der Waals surface area contributed by atoms with Gasteiger partial charge in [0.2, 0.25) is 0 Å². The van der Waals surface area contributed by atoms with Crippen LogP contribution in [0.25, 0.3) is 0 Å². The molecule has 0 aliphatic heterocycles. The van der Waals surface area contributed by atoms with E-state index in [1.165, 1.54) is 22.3 Å². The van der Waals surface area contributed by atoms with Crippen molar-refractivity contribution >= 4 is 0 Å². The standard InChI is InChI=1S/C17H22N2/c1-12-7-8-13(2)17(10-12)15(4)19-14(3)16-6-5-9-18-11-16/h5-11,14-15,19H,1-4H3/t14-,15?/m1/s1. The largest absolute Gasteiger partial charge is 0.304 e. The molecule has 0 aliphatic carbocycles. The molecule has 0 spiro atoms. The first-order valence-corrected chi connectivity index (χ1v) is 6.81. The first-order chi connectivity index (χ1) is 9.08. The van der Waals surface area contributed by atoms with Gasteiger partial charge in [-0.15, -0.1) is 0 Å². The van der Waals surface area contributed by atoms with E-state index in [4.69, 9.17) is 0 Å². The Morgan fingerprint density at radius 2 is 1.84 bits per heavy atom. The van der Waals surface area contributed by atoms with E-state index in [-0.39, 0.29) is 0 Å². The van der Waals surface area contributed by atoms with Gasteiger partial charge in [0.25, 0.3) is 0 Å². The molecule has 0 saturated carbocycles. The quantitative estimate of drug-likeness (QED) is 0.888. The summed E-state index contributed by atoms with van der Waals surface area (Å²) in [6, 6.07) is 11.3. The number of benzene rings is 1. The van der Waals surface area contributed by atoms with Crippen molar-refractivity contribution in [1.82, 2.24) is 10.3 Å². The average Bonchev–Trinajstić information content (AvgIpc) is 2.42. The zero-order chi connectivity index (χ0) is 13.8. The fourth-order valence-corrected chi connectivity index (χ4v) is 2.42. The van der Waals surface area contributed by atoms with E-state index < -0.39 is 0 Å². The predicted molar refractivity (Wildman–Crippen MR) is 80.1 cm³/mol. The second kappa shape index (κ2) is 5.98. The summed E-state index contributed by atoms with van der Waals surface area (Å²) in [6.07, 6.45) is 3.73. The first kappa shape index (κ1) is 13.8. The van der Waals surface area contributed by atoms with Gasteiger partial charge in [0.1, 0.15) is 0 Å². The molecule has 100 valence electrons. The molecule has 1 aromatic carbocycles. The molecule has 0 saturated heterocycles. The third-order valence-electron chi connectivity index (χ3n) is 3.59. The average molecular weight is 254 g/mol. The smallest absolute Gasteiger partial charge is 0.0315 e. The van der Waals surface area contributed by atoms with Crippen LogP contribution in [0.3, 0.4) is 0 Å². The second-order valence-corrected chi connectivity index (χ2v) is 5.26. The third-order valence-corrected chi connectivity index (χ3v) is 3.59. The topological polar surface area (TPSA) is 24.9 Å². The summed E-state index contributed by atoms with van der Waals surface area (Å²) in [6.45, 7) is 8.70. The van der Waals surface area contributed by atoms with Crippen molar-refractivity contribution in [2.24, 2.45) is 0 Å². The van der Waals surface area contributed by atoms with Crippen molar-refractivity contribution in [3.63, 3.8) is 0 Å². The molecule has 2 heteroatoms. The zero-order valence-corrected chi connectivity index (χ0v) is 12.1. The SMILES string of the molecule is Cc1ccc(C)c(C(C)N[C@H](C)c2cccnc2)c1. The van der Waals surface area contributed by atoms with E-state index in [0.29, 0.717) is 12.1 Å². The highest BCUT2D eigenvalue weighted by Gasteiger charge is 2.13. The minimum absolute atomic E-state index is 0.295. The van der Waals surface area contributed by atoms with Crippen LogP contribution in [0.1, 0.15) is 48.2 Å². The van der Waals surface area contributed by atoms with Crippen LogP contribution in [-0.2, 0) is 0 Å². The van der Waals surface area contributed by atoms with E-state index in [2.05, 4.69) is 62.3 Å². The second-order valence-electron chi connectivity index (χ2n) is 5.26. The van der Waals surface area contributed by atoms with Gasteiger partial charge in [-0.25, -0.2) is 0 Å². The summed E-state index contributed by atoms with van der Waals surface area (Å²) in [4.78, 5) is 4.18. The van der Waals surface area contributed by atoms with Crippen molar-refractivity contribution in [2.75, 3.05) is 0 Å². The summed E-state index contributed by atoms with van der Waals surface area (Å²) < 4.78 is 0. The van der Waals surface area contributed by atoms with Gasteiger partial charge in [-0.3, -0.25) is 4.98 Å². The summed E-state index contributed by atoms with van der Waals surface area (Å²) in [5.41, 5.74) is 5.24. The highest BCUT2D eigenvalue weighted by molar-refractivity contribution is 5.33. The van der Waals surface area contributed by atoms with Crippen LogP contribution < -0.4 is 5.32 Å². The number of aryl methyl sites for hydroxylation is 2. The maximum Gasteiger partial charge on any atom is 0.0315 e. The molecule has 1 N–H and O–H groups in total. The Hall–Kier alpha value is -1.67. The minimum Gasteiger partial charge on any atom is -0.304 e. The van der Waals surface area contributed by atoms with Crippen LogP contribution >= 0.6 is 0 Å². The predicted octanol–water partition coefficient (Wildman–Crippen LogP) is 4.11. The maximum atomic E-state index is 4.18. The van der Waals surface area contributed by atoms with Gasteiger partial charge in [0.05, 0.1) is 0 Å². The van der Waals surface area contributed by atoms with Crippen molar-refractivity contribution in [2.45, 2.75) is 39.8 Å². The molecule has 19 heavy (non-hydrogen) atoms. The lowest BCUT2D eigenvalue weighted by molar-refractivity contribution is 0.492. The Bertz CT molecular complexity index is 534. The van der Waals surface area contributed by atoms with Gasteiger partial charge >= 0.3 is 0 Å². The lowest BCUT2D eigenvalue weighted by Crippen LogP contribution is -2.23. The normalized spacial score (nSPS) is 14.1. The highest BCUT2D eigenvalue weighted by atomic mass is 14.9. The lowest BCUT2D eigenvalue weighted by Gasteiger charge is -2.22. The molecule has 0 bridgehead atoms. The highest BCUT2D eigenvalue weighted by Crippen LogP contribution is 2.22.